The first kappa shape index (κ1) is 23.4. The number of allylic oxidation sites excluding steroid dienone is 2. The summed E-state index contributed by atoms with van der Waals surface area (Å²) in [7, 11) is 1.82. The van der Waals surface area contributed by atoms with E-state index in [-0.39, 0.29) is 17.5 Å². The van der Waals surface area contributed by atoms with Gasteiger partial charge in [-0.2, -0.15) is 0 Å². The van der Waals surface area contributed by atoms with Gasteiger partial charge in [0.1, 0.15) is 6.10 Å². The molecule has 0 bridgehead atoms. The number of piperazine rings is 1. The topological polar surface area (TPSA) is 73.9 Å². The predicted octanol–water partition coefficient (Wildman–Crippen LogP) is 2.53. The maximum atomic E-state index is 12.5. The molecule has 3 aliphatic rings. The minimum absolute atomic E-state index is 0.0672. The molecule has 0 radical (unpaired) electrons. The molecule has 1 amide bonds. The van der Waals surface area contributed by atoms with Gasteiger partial charge in [0.2, 0.25) is 6.41 Å². The van der Waals surface area contributed by atoms with Crippen molar-refractivity contribution in [2.24, 2.45) is 5.41 Å². The molecule has 1 aliphatic carbocycles. The first-order chi connectivity index (χ1) is 15.0. The van der Waals surface area contributed by atoms with Crippen LogP contribution < -0.4 is 10.6 Å². The highest BCUT2D eigenvalue weighted by Crippen LogP contribution is 2.46. The maximum absolute atomic E-state index is 12.5. The summed E-state index contributed by atoms with van der Waals surface area (Å²) in [5.74, 6) is 0.0672. The fourth-order valence-electron chi connectivity index (χ4n) is 5.16. The van der Waals surface area contributed by atoms with E-state index in [4.69, 9.17) is 4.74 Å². The van der Waals surface area contributed by atoms with Crippen LogP contribution in [0.4, 0.5) is 0 Å². The first-order valence-electron chi connectivity index (χ1n) is 11.6. The number of carbonyl (C=O) groups excluding carboxylic acids is 2. The molecule has 2 heterocycles. The summed E-state index contributed by atoms with van der Waals surface area (Å²) < 4.78 is 5.78. The van der Waals surface area contributed by atoms with Crippen LogP contribution in [0, 0.1) is 5.41 Å². The van der Waals surface area contributed by atoms with E-state index in [2.05, 4.69) is 33.1 Å². The smallest absolute Gasteiger partial charge is 0.312 e. The molecule has 31 heavy (non-hydrogen) atoms. The second-order valence-electron chi connectivity index (χ2n) is 8.95. The minimum atomic E-state index is -0.164. The van der Waals surface area contributed by atoms with Gasteiger partial charge in [-0.1, -0.05) is 31.9 Å². The Morgan fingerprint density at radius 1 is 1.23 bits per heavy atom. The molecule has 2 N–H and O–H groups in total. The van der Waals surface area contributed by atoms with Gasteiger partial charge in [0.25, 0.3) is 0 Å². The van der Waals surface area contributed by atoms with Gasteiger partial charge in [-0.05, 0) is 32.3 Å². The van der Waals surface area contributed by atoms with Gasteiger partial charge in [-0.25, -0.2) is 0 Å². The SMILES string of the molecule is C=C(NC=O)/C(=C\C(=C/C)N1CCN(CCC2CC3(CCCCC3)C(=O)O2)CC1)NC. The molecule has 3 fully saturated rings. The van der Waals surface area contributed by atoms with Gasteiger partial charge in [0.15, 0.2) is 0 Å². The molecule has 1 spiro atoms. The van der Waals surface area contributed by atoms with Gasteiger partial charge in [0, 0.05) is 51.9 Å². The normalized spacial score (nSPS) is 24.8. The highest BCUT2D eigenvalue weighted by Gasteiger charge is 2.48. The molecule has 172 valence electrons. The highest BCUT2D eigenvalue weighted by molar-refractivity contribution is 5.79. The number of cyclic esters (lactones) is 1. The number of nitrogens with one attached hydrogen (secondary N) is 2. The lowest BCUT2D eigenvalue weighted by molar-refractivity contribution is -0.150. The second-order valence-corrected chi connectivity index (χ2v) is 8.95. The summed E-state index contributed by atoms with van der Waals surface area (Å²) in [6.07, 6.45) is 12.3. The third-order valence-corrected chi connectivity index (χ3v) is 7.06. The molecule has 7 heteroatoms. The molecule has 1 unspecified atom stereocenters. The fourth-order valence-corrected chi connectivity index (χ4v) is 5.16. The molecule has 7 nitrogen and oxygen atoms in total. The third-order valence-electron chi connectivity index (χ3n) is 7.06. The van der Waals surface area contributed by atoms with E-state index in [9.17, 15) is 9.59 Å². The number of hydrogen-bond donors (Lipinski definition) is 2. The molecule has 0 aromatic carbocycles. The predicted molar refractivity (Wildman–Crippen MR) is 122 cm³/mol. The van der Waals surface area contributed by atoms with Crippen LogP contribution in [0.2, 0.25) is 0 Å². The number of esters is 1. The zero-order chi connectivity index (χ0) is 22.3. The average Bonchev–Trinajstić information content (AvgIpc) is 3.08. The molecule has 2 saturated heterocycles. The number of ether oxygens (including phenoxy) is 1. The lowest BCUT2D eigenvalue weighted by Gasteiger charge is -2.37. The molecule has 3 rings (SSSR count). The van der Waals surface area contributed by atoms with E-state index in [1.54, 1.807) is 0 Å². The highest BCUT2D eigenvalue weighted by atomic mass is 16.6. The van der Waals surface area contributed by atoms with Crippen molar-refractivity contribution in [1.29, 1.82) is 0 Å². The summed E-state index contributed by atoms with van der Waals surface area (Å²) in [5, 5.41) is 5.71. The minimum Gasteiger partial charge on any atom is -0.462 e. The Morgan fingerprint density at radius 2 is 1.94 bits per heavy atom. The van der Waals surface area contributed by atoms with Crippen molar-refractivity contribution in [2.45, 2.75) is 58.0 Å². The van der Waals surface area contributed by atoms with Crippen LogP contribution >= 0.6 is 0 Å². The van der Waals surface area contributed by atoms with Crippen LogP contribution in [0.5, 0.6) is 0 Å². The summed E-state index contributed by atoms with van der Waals surface area (Å²) in [6.45, 7) is 10.7. The lowest BCUT2D eigenvalue weighted by atomic mass is 9.72. The van der Waals surface area contributed by atoms with Gasteiger partial charge >= 0.3 is 5.97 Å². The van der Waals surface area contributed by atoms with Gasteiger partial charge in [-0.15, -0.1) is 0 Å². The standard InChI is InChI=1S/C24H38N4O3/c1-4-20(16-22(25-3)19(2)26-18-29)28-14-12-27(13-15-28)11-8-21-17-24(23(30)31-21)9-6-5-7-10-24/h4,16,18,21,25H,2,5-15,17H2,1,3H3,(H,26,29)/b20-4+,22-16+. The Hall–Kier alpha value is -2.28. The van der Waals surface area contributed by atoms with Gasteiger partial charge < -0.3 is 20.3 Å². The number of likely N-dealkylation sites (N-methyl/N-ethyl adjacent to an activating group) is 1. The molecule has 1 atom stereocenters. The van der Waals surface area contributed by atoms with Crippen molar-refractivity contribution in [3.63, 3.8) is 0 Å². The Morgan fingerprint density at radius 3 is 2.55 bits per heavy atom. The van der Waals surface area contributed by atoms with Crippen LogP contribution in [0.15, 0.2) is 35.8 Å². The van der Waals surface area contributed by atoms with Crippen molar-refractivity contribution in [3.8, 4) is 0 Å². The van der Waals surface area contributed by atoms with Gasteiger partial charge in [0.05, 0.1) is 16.8 Å². The second kappa shape index (κ2) is 10.8. The monoisotopic (exact) mass is 430 g/mol. The summed E-state index contributed by atoms with van der Waals surface area (Å²) in [4.78, 5) is 28.0. The zero-order valence-electron chi connectivity index (χ0n) is 19.1. The Balaban J connectivity index is 1.46. The van der Waals surface area contributed by atoms with Crippen LogP contribution in [0.3, 0.4) is 0 Å². The summed E-state index contributed by atoms with van der Waals surface area (Å²) in [6, 6.07) is 0. The van der Waals surface area contributed by atoms with Gasteiger partial charge in [-0.3, -0.25) is 14.5 Å². The fraction of sp³-hybridized carbons (Fsp3) is 0.667. The molecule has 0 aromatic rings. The molecule has 2 aliphatic heterocycles. The number of nitrogens with zero attached hydrogens (tertiary/aromatic N) is 2. The van der Waals surface area contributed by atoms with Crippen LogP contribution in [-0.4, -0.2) is 68.1 Å². The van der Waals surface area contributed by atoms with E-state index < -0.39 is 0 Å². The first-order valence-corrected chi connectivity index (χ1v) is 11.6. The zero-order valence-corrected chi connectivity index (χ0v) is 19.1. The molecule has 0 aromatic heterocycles. The number of amides is 1. The van der Waals surface area contributed by atoms with E-state index in [0.717, 1.165) is 69.8 Å². The number of hydrogen-bond acceptors (Lipinski definition) is 6. The van der Waals surface area contributed by atoms with Crippen molar-refractivity contribution in [2.75, 3.05) is 39.8 Å². The third kappa shape index (κ3) is 5.70. The van der Waals surface area contributed by atoms with E-state index >= 15 is 0 Å². The van der Waals surface area contributed by atoms with Crippen LogP contribution in [-0.2, 0) is 14.3 Å². The van der Waals surface area contributed by atoms with Crippen molar-refractivity contribution >= 4 is 12.4 Å². The Kier molecular flexibility index (Phi) is 8.18. The van der Waals surface area contributed by atoms with E-state index in [1.807, 2.05) is 20.0 Å². The van der Waals surface area contributed by atoms with Crippen molar-refractivity contribution < 1.29 is 14.3 Å². The summed E-state index contributed by atoms with van der Waals surface area (Å²) in [5.41, 5.74) is 2.30. The summed E-state index contributed by atoms with van der Waals surface area (Å²) >= 11 is 0. The van der Waals surface area contributed by atoms with Crippen LogP contribution in [0.25, 0.3) is 0 Å². The number of carbonyl (C=O) groups is 2. The van der Waals surface area contributed by atoms with E-state index in [0.29, 0.717) is 12.1 Å². The molecular weight excluding hydrogens is 392 g/mol. The Bertz CT molecular complexity index is 716. The van der Waals surface area contributed by atoms with Crippen molar-refractivity contribution in [3.05, 3.63) is 35.8 Å². The lowest BCUT2D eigenvalue weighted by Crippen LogP contribution is -2.46. The quantitative estimate of drug-likeness (QED) is 0.333. The van der Waals surface area contributed by atoms with Crippen LogP contribution in [0.1, 0.15) is 51.9 Å². The number of rotatable bonds is 9. The van der Waals surface area contributed by atoms with E-state index in [1.165, 1.54) is 19.3 Å². The maximum Gasteiger partial charge on any atom is 0.312 e. The average molecular weight is 431 g/mol. The molecule has 1 saturated carbocycles. The molecular formula is C24H38N4O3. The van der Waals surface area contributed by atoms with Crippen molar-refractivity contribution in [1.82, 2.24) is 20.4 Å². The largest absolute Gasteiger partial charge is 0.462 e. The Labute approximate surface area is 186 Å².